The molecule has 1 unspecified atom stereocenters. The van der Waals surface area contributed by atoms with Crippen LogP contribution in [0.25, 0.3) is 10.8 Å². The lowest BCUT2D eigenvalue weighted by molar-refractivity contribution is -0.862. The van der Waals surface area contributed by atoms with Gasteiger partial charge < -0.3 is 15.5 Å². The number of fused-ring (bicyclic) bond motifs is 1. The lowest BCUT2D eigenvalue weighted by Crippen LogP contribution is -3.11. The Morgan fingerprint density at radius 3 is 2.37 bits per heavy atom. The van der Waals surface area contributed by atoms with Crippen LogP contribution in [0.3, 0.4) is 0 Å². The van der Waals surface area contributed by atoms with Crippen LogP contribution in [0.15, 0.2) is 66.7 Å². The quantitative estimate of drug-likeness (QED) is 0.541. The molecule has 5 nitrogen and oxygen atoms in total. The number of carbonyl (C=O) groups excluding carboxylic acids is 2. The Labute approximate surface area is 178 Å². The number of amides is 2. The van der Waals surface area contributed by atoms with E-state index >= 15 is 0 Å². The Bertz CT molecular complexity index is 1030. The summed E-state index contributed by atoms with van der Waals surface area (Å²) in [6, 6.07) is 22.0. The van der Waals surface area contributed by atoms with Crippen molar-refractivity contribution in [2.45, 2.75) is 26.3 Å². The van der Waals surface area contributed by atoms with Gasteiger partial charge in [-0.1, -0.05) is 67.6 Å². The van der Waals surface area contributed by atoms with E-state index in [1.165, 1.54) is 0 Å². The number of quaternary nitrogens is 1. The molecule has 0 fully saturated rings. The van der Waals surface area contributed by atoms with Gasteiger partial charge in [0.25, 0.3) is 11.8 Å². The van der Waals surface area contributed by atoms with Gasteiger partial charge in [-0.3, -0.25) is 9.59 Å². The fourth-order valence-corrected chi connectivity index (χ4v) is 3.75. The largest absolute Gasteiger partial charge is 0.345 e. The topological polar surface area (TPSA) is 62.6 Å². The molecule has 0 spiro atoms. The first-order valence-electron chi connectivity index (χ1n) is 10.4. The molecule has 0 saturated heterocycles. The summed E-state index contributed by atoms with van der Waals surface area (Å²) in [4.78, 5) is 25.8. The van der Waals surface area contributed by atoms with E-state index in [4.69, 9.17) is 0 Å². The standard InChI is InChI=1S/C25H29N3O2/c1-4-19-10-6-8-15-23(19)27-25(30)17-28(3)16-24(29)26-18(2)21-14-9-12-20-11-5-7-13-22(20)21/h5-15,18H,4,16-17H2,1-3H3,(H,26,29)(H,27,30)/p+1/t18-/m1/s1. The average molecular weight is 405 g/mol. The average Bonchev–Trinajstić information content (AvgIpc) is 2.73. The molecule has 0 aliphatic heterocycles. The molecular formula is C25H30N3O2+. The molecule has 0 aliphatic carbocycles. The van der Waals surface area contributed by atoms with Crippen LogP contribution < -0.4 is 15.5 Å². The lowest BCUT2D eigenvalue weighted by atomic mass is 10.00. The molecule has 2 amide bonds. The third-order valence-electron chi connectivity index (χ3n) is 5.26. The number of hydrogen-bond donors (Lipinski definition) is 3. The van der Waals surface area contributed by atoms with Crippen molar-refractivity contribution in [2.24, 2.45) is 0 Å². The number of para-hydroxylation sites is 1. The second kappa shape index (κ2) is 10.0. The Morgan fingerprint density at radius 1 is 0.900 bits per heavy atom. The number of aryl methyl sites for hydroxylation is 1. The zero-order chi connectivity index (χ0) is 21.5. The van der Waals surface area contributed by atoms with Gasteiger partial charge in [-0.05, 0) is 41.3 Å². The molecule has 0 radical (unpaired) electrons. The summed E-state index contributed by atoms with van der Waals surface area (Å²) in [5.74, 6) is -0.169. The van der Waals surface area contributed by atoms with Crippen LogP contribution >= 0.6 is 0 Å². The van der Waals surface area contributed by atoms with E-state index in [1.807, 2.05) is 62.5 Å². The summed E-state index contributed by atoms with van der Waals surface area (Å²) in [6.45, 7) is 4.51. The van der Waals surface area contributed by atoms with Gasteiger partial charge in [0.15, 0.2) is 13.1 Å². The van der Waals surface area contributed by atoms with Crippen LogP contribution in [0.5, 0.6) is 0 Å². The van der Waals surface area contributed by atoms with Crippen LogP contribution in [0, 0.1) is 0 Å². The van der Waals surface area contributed by atoms with Gasteiger partial charge in [0.2, 0.25) is 0 Å². The van der Waals surface area contributed by atoms with Gasteiger partial charge in [-0.2, -0.15) is 0 Å². The van der Waals surface area contributed by atoms with Crippen LogP contribution in [-0.4, -0.2) is 32.0 Å². The fraction of sp³-hybridized carbons (Fsp3) is 0.280. The van der Waals surface area contributed by atoms with E-state index in [0.717, 1.165) is 38.9 Å². The zero-order valence-electron chi connectivity index (χ0n) is 17.9. The second-order valence-corrected chi connectivity index (χ2v) is 7.73. The van der Waals surface area contributed by atoms with Crippen molar-refractivity contribution in [1.82, 2.24) is 5.32 Å². The van der Waals surface area contributed by atoms with E-state index in [9.17, 15) is 9.59 Å². The Balaban J connectivity index is 1.54. The normalized spacial score (nSPS) is 12.9. The molecule has 0 bridgehead atoms. The van der Waals surface area contributed by atoms with E-state index in [-0.39, 0.29) is 30.9 Å². The molecule has 30 heavy (non-hydrogen) atoms. The first kappa shape index (κ1) is 21.5. The predicted octanol–water partition coefficient (Wildman–Crippen LogP) is 2.73. The highest BCUT2D eigenvalue weighted by Crippen LogP contribution is 2.23. The van der Waals surface area contributed by atoms with Crippen molar-refractivity contribution in [1.29, 1.82) is 0 Å². The molecule has 0 heterocycles. The molecule has 0 aromatic heterocycles. The molecular weight excluding hydrogens is 374 g/mol. The molecule has 3 aromatic carbocycles. The van der Waals surface area contributed by atoms with E-state index in [0.29, 0.717) is 0 Å². The molecule has 2 atom stereocenters. The molecule has 156 valence electrons. The van der Waals surface area contributed by atoms with Gasteiger partial charge in [0.1, 0.15) is 0 Å². The molecule has 5 heteroatoms. The van der Waals surface area contributed by atoms with Crippen LogP contribution in [0.1, 0.15) is 31.0 Å². The van der Waals surface area contributed by atoms with Crippen molar-refractivity contribution in [3.63, 3.8) is 0 Å². The Hall–Kier alpha value is -3.18. The van der Waals surface area contributed by atoms with Crippen molar-refractivity contribution < 1.29 is 14.5 Å². The molecule has 0 saturated carbocycles. The minimum Gasteiger partial charge on any atom is -0.345 e. The maximum atomic E-state index is 12.5. The zero-order valence-corrected chi connectivity index (χ0v) is 17.9. The number of nitrogens with one attached hydrogen (secondary N) is 3. The first-order chi connectivity index (χ1) is 14.5. The van der Waals surface area contributed by atoms with Crippen molar-refractivity contribution in [3.8, 4) is 0 Å². The van der Waals surface area contributed by atoms with Crippen molar-refractivity contribution >= 4 is 28.3 Å². The summed E-state index contributed by atoms with van der Waals surface area (Å²) >= 11 is 0. The maximum Gasteiger partial charge on any atom is 0.279 e. The highest BCUT2D eigenvalue weighted by atomic mass is 16.2. The maximum absolute atomic E-state index is 12.5. The number of likely N-dealkylation sites (N-methyl/N-ethyl adjacent to an activating group) is 1. The summed E-state index contributed by atoms with van der Waals surface area (Å²) < 4.78 is 0. The van der Waals surface area contributed by atoms with Gasteiger partial charge in [-0.25, -0.2) is 0 Å². The van der Waals surface area contributed by atoms with Gasteiger partial charge >= 0.3 is 0 Å². The number of carbonyl (C=O) groups is 2. The predicted molar refractivity (Wildman–Crippen MR) is 122 cm³/mol. The fourth-order valence-electron chi connectivity index (χ4n) is 3.75. The van der Waals surface area contributed by atoms with Gasteiger partial charge in [0, 0.05) is 5.69 Å². The van der Waals surface area contributed by atoms with E-state index in [2.05, 4.69) is 35.8 Å². The molecule has 3 N–H and O–H groups in total. The van der Waals surface area contributed by atoms with Crippen molar-refractivity contribution in [2.75, 3.05) is 25.5 Å². The monoisotopic (exact) mass is 404 g/mol. The van der Waals surface area contributed by atoms with Gasteiger partial charge in [-0.15, -0.1) is 0 Å². The van der Waals surface area contributed by atoms with Gasteiger partial charge in [0.05, 0.1) is 13.1 Å². The number of rotatable bonds is 8. The van der Waals surface area contributed by atoms with Crippen LogP contribution in [0.2, 0.25) is 0 Å². The molecule has 3 rings (SSSR count). The van der Waals surface area contributed by atoms with E-state index in [1.54, 1.807) is 0 Å². The molecule has 0 aliphatic rings. The number of hydrogen-bond acceptors (Lipinski definition) is 2. The van der Waals surface area contributed by atoms with Crippen LogP contribution in [0.4, 0.5) is 5.69 Å². The highest BCUT2D eigenvalue weighted by molar-refractivity contribution is 5.92. The van der Waals surface area contributed by atoms with Crippen LogP contribution in [-0.2, 0) is 16.0 Å². The smallest absolute Gasteiger partial charge is 0.279 e. The summed E-state index contributed by atoms with van der Waals surface area (Å²) in [7, 11) is 1.85. The number of benzene rings is 3. The minimum atomic E-state index is -0.110. The summed E-state index contributed by atoms with van der Waals surface area (Å²) in [5.41, 5.74) is 3.03. The van der Waals surface area contributed by atoms with Crippen molar-refractivity contribution in [3.05, 3.63) is 77.9 Å². The minimum absolute atomic E-state index is 0.0744. The third-order valence-corrected chi connectivity index (χ3v) is 5.26. The van der Waals surface area contributed by atoms with E-state index < -0.39 is 0 Å². The SMILES string of the molecule is CCc1ccccc1NC(=O)C[NH+](C)CC(=O)N[C@H](C)c1cccc2ccccc12. The second-order valence-electron chi connectivity index (χ2n) is 7.73. The lowest BCUT2D eigenvalue weighted by Gasteiger charge is -2.19. The summed E-state index contributed by atoms with van der Waals surface area (Å²) in [6.07, 6.45) is 0.855. The number of anilines is 1. The molecule has 3 aromatic rings. The summed E-state index contributed by atoms with van der Waals surface area (Å²) in [5, 5.41) is 8.33. The third kappa shape index (κ3) is 5.45. The Kier molecular flexibility index (Phi) is 7.20. The highest BCUT2D eigenvalue weighted by Gasteiger charge is 2.18. The Morgan fingerprint density at radius 2 is 1.57 bits per heavy atom. The first-order valence-corrected chi connectivity index (χ1v) is 10.4.